The fourth-order valence-corrected chi connectivity index (χ4v) is 4.78. The largest absolute Gasteiger partial charge is 0.497 e. The quantitative estimate of drug-likeness (QED) is 0.429. The second kappa shape index (κ2) is 10.7. The highest BCUT2D eigenvalue weighted by molar-refractivity contribution is 5.87. The van der Waals surface area contributed by atoms with Crippen LogP contribution in [0.4, 0.5) is 0 Å². The van der Waals surface area contributed by atoms with E-state index in [0.717, 1.165) is 46.9 Å². The van der Waals surface area contributed by atoms with Gasteiger partial charge in [-0.05, 0) is 71.3 Å². The number of aromatic carboxylic acids is 1. The van der Waals surface area contributed by atoms with Crippen LogP contribution in [-0.4, -0.2) is 35.2 Å². The predicted molar refractivity (Wildman–Crippen MR) is 132 cm³/mol. The van der Waals surface area contributed by atoms with Crippen LogP contribution >= 0.6 is 0 Å². The summed E-state index contributed by atoms with van der Waals surface area (Å²) in [7, 11) is 1.65. The summed E-state index contributed by atoms with van der Waals surface area (Å²) in [5, 5.41) is 21.8. The molecule has 1 aliphatic carbocycles. The molecule has 1 unspecified atom stereocenters. The van der Waals surface area contributed by atoms with Crippen LogP contribution in [0.25, 0.3) is 10.8 Å². The Morgan fingerprint density at radius 1 is 1.06 bits per heavy atom. The summed E-state index contributed by atoms with van der Waals surface area (Å²) in [5.74, 6) is 0.227. The number of allylic oxidation sites excluding steroid dienone is 1. The third-order valence-electron chi connectivity index (χ3n) is 6.74. The Kier molecular flexibility index (Phi) is 7.43. The number of hydrogen-bond donors (Lipinski definition) is 2. The number of Topliss-reactive ketones (excluding diaryl/α,β-unsaturated/α-hetero) is 1. The molecule has 0 aromatic heterocycles. The van der Waals surface area contributed by atoms with Crippen molar-refractivity contribution < 1.29 is 24.5 Å². The van der Waals surface area contributed by atoms with E-state index in [2.05, 4.69) is 6.07 Å². The van der Waals surface area contributed by atoms with Crippen LogP contribution in [-0.2, 0) is 17.6 Å². The van der Waals surface area contributed by atoms with Crippen LogP contribution in [0.1, 0.15) is 40.7 Å². The molecule has 0 heterocycles. The van der Waals surface area contributed by atoms with Crippen LogP contribution in [0.2, 0.25) is 0 Å². The van der Waals surface area contributed by atoms with E-state index in [9.17, 15) is 14.7 Å². The number of fused-ring (bicyclic) bond motifs is 1. The molecular weight excluding hydrogens is 428 g/mol. The molecule has 0 aliphatic heterocycles. The van der Waals surface area contributed by atoms with E-state index in [1.165, 1.54) is 0 Å². The Bertz CT molecular complexity index is 1190. The molecule has 3 aromatic rings. The van der Waals surface area contributed by atoms with Gasteiger partial charge in [0, 0.05) is 18.8 Å². The molecule has 0 saturated heterocycles. The van der Waals surface area contributed by atoms with E-state index < -0.39 is 12.1 Å². The molecule has 1 fully saturated rings. The molecular formula is C29H30O5. The van der Waals surface area contributed by atoms with Crippen LogP contribution in [0, 0.1) is 11.8 Å². The molecule has 1 aliphatic rings. The minimum absolute atomic E-state index is 0.0572. The molecule has 3 aromatic carbocycles. The van der Waals surface area contributed by atoms with Crippen molar-refractivity contribution in [3.05, 3.63) is 89.5 Å². The first kappa shape index (κ1) is 23.7. The van der Waals surface area contributed by atoms with Crippen molar-refractivity contribution in [1.29, 1.82) is 0 Å². The number of carbonyl (C=O) groups excluding carboxylic acids is 1. The lowest BCUT2D eigenvalue weighted by Crippen LogP contribution is -2.15. The van der Waals surface area contributed by atoms with E-state index in [0.29, 0.717) is 12.8 Å². The number of ketones is 1. The number of aliphatic hydroxyl groups is 1. The van der Waals surface area contributed by atoms with Crippen LogP contribution in [0.3, 0.4) is 0 Å². The molecule has 0 radical (unpaired) electrons. The van der Waals surface area contributed by atoms with E-state index in [4.69, 9.17) is 9.84 Å². The summed E-state index contributed by atoms with van der Waals surface area (Å²) < 4.78 is 5.28. The lowest BCUT2D eigenvalue weighted by atomic mass is 9.88. The number of hydrogen-bond acceptors (Lipinski definition) is 4. The maximum atomic E-state index is 12.5. The topological polar surface area (TPSA) is 83.8 Å². The van der Waals surface area contributed by atoms with Crippen molar-refractivity contribution in [3.8, 4) is 5.75 Å². The molecule has 0 amide bonds. The highest BCUT2D eigenvalue weighted by Crippen LogP contribution is 2.33. The summed E-state index contributed by atoms with van der Waals surface area (Å²) >= 11 is 0. The van der Waals surface area contributed by atoms with Gasteiger partial charge in [0.25, 0.3) is 0 Å². The van der Waals surface area contributed by atoms with Crippen molar-refractivity contribution >= 4 is 22.5 Å². The zero-order valence-corrected chi connectivity index (χ0v) is 19.3. The Morgan fingerprint density at radius 3 is 2.50 bits per heavy atom. The van der Waals surface area contributed by atoms with Gasteiger partial charge in [0.15, 0.2) is 0 Å². The third-order valence-corrected chi connectivity index (χ3v) is 6.74. The predicted octanol–water partition coefficient (Wildman–Crippen LogP) is 5.23. The zero-order chi connectivity index (χ0) is 24.1. The number of carbonyl (C=O) groups is 2. The van der Waals surface area contributed by atoms with E-state index >= 15 is 0 Å². The molecule has 5 heteroatoms. The van der Waals surface area contributed by atoms with Crippen LogP contribution in [0.15, 0.2) is 72.8 Å². The molecule has 0 spiro atoms. The minimum Gasteiger partial charge on any atom is -0.497 e. The lowest BCUT2D eigenvalue weighted by molar-refractivity contribution is -0.121. The summed E-state index contributed by atoms with van der Waals surface area (Å²) in [4.78, 5) is 23.5. The number of ether oxygens (including phenoxy) is 1. The highest BCUT2D eigenvalue weighted by Gasteiger charge is 2.32. The molecule has 0 bridgehead atoms. The first-order valence-corrected chi connectivity index (χ1v) is 11.7. The molecule has 5 nitrogen and oxygen atoms in total. The third kappa shape index (κ3) is 5.72. The lowest BCUT2D eigenvalue weighted by Gasteiger charge is -2.16. The Balaban J connectivity index is 1.35. The van der Waals surface area contributed by atoms with Crippen LogP contribution < -0.4 is 4.74 Å². The first-order valence-electron chi connectivity index (χ1n) is 11.7. The monoisotopic (exact) mass is 458 g/mol. The number of methoxy groups -OCH3 is 1. The maximum absolute atomic E-state index is 12.5. The summed E-state index contributed by atoms with van der Waals surface area (Å²) in [5.41, 5.74) is 2.35. The van der Waals surface area contributed by atoms with Gasteiger partial charge in [-0.3, -0.25) is 4.79 Å². The standard InChI is InChI=1S/C29H30O5/c1-34-26-13-10-23-16-20(4-8-24(23)18-26)17-25(30)12-9-21-11-15-28(31)27(21)14-5-19-2-6-22(7-3-19)29(32)33/h2-4,6-10,12-13,16,18,21,25,27,30H,5,11,14-15,17H2,1H3,(H,32,33)/b12-9+/t21-,25?,27+/m0/s1. The van der Waals surface area contributed by atoms with Gasteiger partial charge in [-0.25, -0.2) is 4.79 Å². The summed E-state index contributed by atoms with van der Waals surface area (Å²) in [6.45, 7) is 0. The smallest absolute Gasteiger partial charge is 0.335 e. The van der Waals surface area contributed by atoms with Crippen molar-refractivity contribution in [3.63, 3.8) is 0 Å². The Hall–Kier alpha value is -3.44. The fourth-order valence-electron chi connectivity index (χ4n) is 4.78. The van der Waals surface area contributed by atoms with Crippen molar-refractivity contribution in [2.24, 2.45) is 11.8 Å². The average molecular weight is 459 g/mol. The second-order valence-corrected chi connectivity index (χ2v) is 9.02. The molecule has 176 valence electrons. The first-order chi connectivity index (χ1) is 16.4. The molecule has 3 atom stereocenters. The van der Waals surface area contributed by atoms with E-state index in [-0.39, 0.29) is 23.2 Å². The second-order valence-electron chi connectivity index (χ2n) is 9.02. The average Bonchev–Trinajstić information content (AvgIpc) is 3.20. The minimum atomic E-state index is -0.940. The van der Waals surface area contributed by atoms with Gasteiger partial charge in [0.2, 0.25) is 0 Å². The van der Waals surface area contributed by atoms with Crippen molar-refractivity contribution in [1.82, 2.24) is 0 Å². The van der Waals surface area contributed by atoms with Gasteiger partial charge in [-0.15, -0.1) is 0 Å². The van der Waals surface area contributed by atoms with Gasteiger partial charge >= 0.3 is 5.97 Å². The fraction of sp³-hybridized carbons (Fsp3) is 0.310. The van der Waals surface area contributed by atoms with Gasteiger partial charge in [-0.2, -0.15) is 0 Å². The number of aryl methyl sites for hydroxylation is 1. The van der Waals surface area contributed by atoms with Crippen molar-refractivity contribution in [2.45, 2.75) is 38.2 Å². The van der Waals surface area contributed by atoms with Gasteiger partial charge < -0.3 is 14.9 Å². The maximum Gasteiger partial charge on any atom is 0.335 e. The molecule has 4 rings (SSSR count). The van der Waals surface area contributed by atoms with E-state index in [1.807, 2.05) is 54.6 Å². The Morgan fingerprint density at radius 2 is 1.76 bits per heavy atom. The van der Waals surface area contributed by atoms with Gasteiger partial charge in [0.1, 0.15) is 11.5 Å². The molecule has 34 heavy (non-hydrogen) atoms. The van der Waals surface area contributed by atoms with Crippen molar-refractivity contribution in [2.75, 3.05) is 7.11 Å². The zero-order valence-electron chi connectivity index (χ0n) is 19.3. The Labute approximate surface area is 199 Å². The SMILES string of the molecule is COc1ccc2cc(CC(O)/C=C/[C@H]3CCC(=O)[C@@H]3CCc3ccc(C(=O)O)cc3)ccc2c1. The van der Waals surface area contributed by atoms with Gasteiger partial charge in [0.05, 0.1) is 18.8 Å². The highest BCUT2D eigenvalue weighted by atomic mass is 16.5. The number of carboxylic acid groups (broad SMARTS) is 1. The number of carboxylic acids is 1. The van der Waals surface area contributed by atoms with Gasteiger partial charge in [-0.1, -0.05) is 48.6 Å². The van der Waals surface area contributed by atoms with Crippen LogP contribution in [0.5, 0.6) is 5.75 Å². The molecule has 2 N–H and O–H groups in total. The van der Waals surface area contributed by atoms with E-state index in [1.54, 1.807) is 19.2 Å². The molecule has 1 saturated carbocycles. The number of benzene rings is 3. The summed E-state index contributed by atoms with van der Waals surface area (Å²) in [6, 6.07) is 18.9. The number of aliphatic hydroxyl groups excluding tert-OH is 1. The summed E-state index contributed by atoms with van der Waals surface area (Å²) in [6.07, 6.45) is 6.57. The normalized spacial score (nSPS) is 19.1. The number of rotatable bonds is 9.